The van der Waals surface area contributed by atoms with Gasteiger partial charge in [-0.2, -0.15) is 0 Å². The van der Waals surface area contributed by atoms with Crippen LogP contribution in [0, 0.1) is 0 Å². The van der Waals surface area contributed by atoms with Gasteiger partial charge in [-0.1, -0.05) is 30.3 Å². The van der Waals surface area contributed by atoms with Gasteiger partial charge in [0.15, 0.2) is 0 Å². The van der Waals surface area contributed by atoms with E-state index in [1.54, 1.807) is 11.3 Å². The lowest BCUT2D eigenvalue weighted by Crippen LogP contribution is -2.37. The predicted molar refractivity (Wildman–Crippen MR) is 78.0 cm³/mol. The molecule has 96 valence electrons. The van der Waals surface area contributed by atoms with Crippen molar-refractivity contribution in [2.45, 2.75) is 11.8 Å². The fraction of sp³-hybridized carbons (Fsp3) is 0.286. The molecule has 0 aliphatic rings. The fourth-order valence-electron chi connectivity index (χ4n) is 2.00. The first-order valence-electron chi connectivity index (χ1n) is 5.71. The van der Waals surface area contributed by atoms with Crippen molar-refractivity contribution in [1.82, 2.24) is 0 Å². The van der Waals surface area contributed by atoms with Gasteiger partial charge in [0.25, 0.3) is 0 Å². The Kier molecular flexibility index (Phi) is 4.56. The van der Waals surface area contributed by atoms with Crippen LogP contribution in [-0.4, -0.2) is 23.4 Å². The predicted octanol–water partition coefficient (Wildman–Crippen LogP) is 2.98. The van der Waals surface area contributed by atoms with E-state index in [4.69, 9.17) is 0 Å². The Bertz CT molecular complexity index is 492. The highest BCUT2D eigenvalue weighted by Gasteiger charge is 2.32. The highest BCUT2D eigenvalue weighted by molar-refractivity contribution is 9.10. The summed E-state index contributed by atoms with van der Waals surface area (Å²) < 4.78 is 1.04. The maximum atomic E-state index is 9.75. The van der Waals surface area contributed by atoms with Crippen LogP contribution in [0.4, 0.5) is 0 Å². The van der Waals surface area contributed by atoms with E-state index < -0.39 is 5.41 Å². The van der Waals surface area contributed by atoms with Crippen molar-refractivity contribution in [2.75, 3.05) is 13.2 Å². The van der Waals surface area contributed by atoms with Gasteiger partial charge in [0.2, 0.25) is 0 Å². The number of aliphatic hydroxyl groups is 2. The van der Waals surface area contributed by atoms with Crippen LogP contribution in [0.1, 0.15) is 10.4 Å². The SMILES string of the molecule is OCC(CO)(Cc1sccc1Br)c1ccccc1. The minimum absolute atomic E-state index is 0.0716. The summed E-state index contributed by atoms with van der Waals surface area (Å²) in [4.78, 5) is 1.14. The number of aliphatic hydroxyl groups excluding tert-OH is 2. The van der Waals surface area contributed by atoms with Crippen molar-refractivity contribution in [3.63, 3.8) is 0 Å². The standard InChI is InChI=1S/C14H15BrO2S/c15-12-6-7-18-13(12)8-14(9-16,10-17)11-4-2-1-3-5-11/h1-7,16-17H,8-10H2. The Morgan fingerprint density at radius 1 is 1.06 bits per heavy atom. The maximum Gasteiger partial charge on any atom is 0.0553 e. The molecule has 4 heteroatoms. The van der Waals surface area contributed by atoms with Crippen molar-refractivity contribution >= 4 is 27.3 Å². The number of halogens is 1. The average Bonchev–Trinajstić information content (AvgIpc) is 2.82. The average molecular weight is 327 g/mol. The van der Waals surface area contributed by atoms with E-state index in [2.05, 4.69) is 15.9 Å². The summed E-state index contributed by atoms with van der Waals surface area (Å²) >= 11 is 5.13. The maximum absolute atomic E-state index is 9.75. The summed E-state index contributed by atoms with van der Waals surface area (Å²) in [6.07, 6.45) is 0.627. The van der Waals surface area contributed by atoms with Gasteiger partial charge in [-0.3, -0.25) is 0 Å². The smallest absolute Gasteiger partial charge is 0.0553 e. The molecule has 2 nitrogen and oxygen atoms in total. The summed E-state index contributed by atoms with van der Waals surface area (Å²) in [5.74, 6) is 0. The number of thiophene rings is 1. The van der Waals surface area contributed by atoms with Crippen LogP contribution in [0.5, 0.6) is 0 Å². The third-order valence-corrected chi connectivity index (χ3v) is 5.11. The third kappa shape index (κ3) is 2.67. The van der Waals surface area contributed by atoms with Crippen LogP contribution in [0.25, 0.3) is 0 Å². The molecule has 0 bridgehead atoms. The molecule has 0 saturated heterocycles. The largest absolute Gasteiger partial charge is 0.395 e. The lowest BCUT2D eigenvalue weighted by atomic mass is 9.78. The molecule has 0 unspecified atom stereocenters. The summed E-state index contributed by atoms with van der Waals surface area (Å²) in [5, 5.41) is 21.5. The number of hydrogen-bond acceptors (Lipinski definition) is 3. The molecule has 2 aromatic rings. The Morgan fingerprint density at radius 2 is 1.72 bits per heavy atom. The molecule has 0 spiro atoms. The van der Waals surface area contributed by atoms with Gasteiger partial charge in [0.1, 0.15) is 0 Å². The lowest BCUT2D eigenvalue weighted by Gasteiger charge is -2.30. The zero-order valence-corrected chi connectivity index (χ0v) is 12.2. The van der Waals surface area contributed by atoms with Gasteiger partial charge >= 0.3 is 0 Å². The Morgan fingerprint density at radius 3 is 2.22 bits per heavy atom. The Balaban J connectivity index is 2.36. The zero-order chi connectivity index (χ0) is 13.0. The second kappa shape index (κ2) is 5.97. The second-order valence-corrected chi connectivity index (χ2v) is 6.19. The monoisotopic (exact) mass is 326 g/mol. The molecule has 2 rings (SSSR count). The topological polar surface area (TPSA) is 40.5 Å². The van der Waals surface area contributed by atoms with Crippen molar-refractivity contribution in [3.8, 4) is 0 Å². The van der Waals surface area contributed by atoms with Gasteiger partial charge in [0.05, 0.1) is 13.2 Å². The molecular formula is C14H15BrO2S. The van der Waals surface area contributed by atoms with E-state index in [0.29, 0.717) is 6.42 Å². The van der Waals surface area contributed by atoms with Gasteiger partial charge in [-0.25, -0.2) is 0 Å². The molecule has 0 saturated carbocycles. The van der Waals surface area contributed by atoms with E-state index in [-0.39, 0.29) is 13.2 Å². The number of hydrogen-bond donors (Lipinski definition) is 2. The molecule has 18 heavy (non-hydrogen) atoms. The minimum atomic E-state index is -0.616. The van der Waals surface area contributed by atoms with E-state index >= 15 is 0 Å². The van der Waals surface area contributed by atoms with Gasteiger partial charge in [0, 0.05) is 14.8 Å². The van der Waals surface area contributed by atoms with E-state index in [1.807, 2.05) is 41.8 Å². The van der Waals surface area contributed by atoms with Crippen molar-refractivity contribution in [1.29, 1.82) is 0 Å². The quantitative estimate of drug-likeness (QED) is 0.886. The normalized spacial score (nSPS) is 11.7. The molecule has 0 fully saturated rings. The highest BCUT2D eigenvalue weighted by atomic mass is 79.9. The van der Waals surface area contributed by atoms with Crippen molar-refractivity contribution in [2.24, 2.45) is 0 Å². The first kappa shape index (κ1) is 13.7. The molecule has 0 aliphatic carbocycles. The van der Waals surface area contributed by atoms with E-state index in [1.165, 1.54) is 0 Å². The van der Waals surface area contributed by atoms with Gasteiger partial charge in [-0.15, -0.1) is 11.3 Å². The van der Waals surface area contributed by atoms with Crippen molar-refractivity contribution < 1.29 is 10.2 Å². The molecule has 0 atom stereocenters. The van der Waals surface area contributed by atoms with Crippen LogP contribution < -0.4 is 0 Å². The minimum Gasteiger partial charge on any atom is -0.395 e. The molecule has 0 radical (unpaired) electrons. The second-order valence-electron chi connectivity index (χ2n) is 4.33. The molecule has 1 heterocycles. The van der Waals surface area contributed by atoms with Crippen LogP contribution in [0.15, 0.2) is 46.3 Å². The molecular weight excluding hydrogens is 312 g/mol. The molecule has 0 aliphatic heterocycles. The zero-order valence-electron chi connectivity index (χ0n) is 9.84. The van der Waals surface area contributed by atoms with E-state index in [0.717, 1.165) is 14.9 Å². The van der Waals surface area contributed by atoms with Gasteiger partial charge < -0.3 is 10.2 Å². The summed E-state index contributed by atoms with van der Waals surface area (Å²) in [7, 11) is 0. The van der Waals surface area contributed by atoms with Crippen LogP contribution in [-0.2, 0) is 11.8 Å². The first-order valence-corrected chi connectivity index (χ1v) is 7.38. The van der Waals surface area contributed by atoms with Crippen LogP contribution in [0.3, 0.4) is 0 Å². The first-order chi connectivity index (χ1) is 8.72. The third-order valence-electron chi connectivity index (χ3n) is 3.18. The summed E-state index contributed by atoms with van der Waals surface area (Å²) in [5.41, 5.74) is 0.351. The molecule has 2 N–H and O–H groups in total. The van der Waals surface area contributed by atoms with Crippen molar-refractivity contribution in [3.05, 3.63) is 56.7 Å². The summed E-state index contributed by atoms with van der Waals surface area (Å²) in [6, 6.07) is 11.7. The fourth-order valence-corrected chi connectivity index (χ4v) is 3.63. The Hall–Kier alpha value is -0.680. The van der Waals surface area contributed by atoms with E-state index in [9.17, 15) is 10.2 Å². The Labute approximate surface area is 119 Å². The molecule has 0 amide bonds. The van der Waals surface area contributed by atoms with Crippen LogP contribution in [0.2, 0.25) is 0 Å². The number of benzene rings is 1. The van der Waals surface area contributed by atoms with Crippen LogP contribution >= 0.6 is 27.3 Å². The lowest BCUT2D eigenvalue weighted by molar-refractivity contribution is 0.116. The van der Waals surface area contributed by atoms with Gasteiger partial charge in [-0.05, 0) is 39.4 Å². The molecule has 1 aromatic carbocycles. The molecule has 1 aromatic heterocycles. The summed E-state index contributed by atoms with van der Waals surface area (Å²) in [6.45, 7) is -0.143. The number of rotatable bonds is 5. The highest BCUT2D eigenvalue weighted by Crippen LogP contribution is 2.33.